The molecule has 0 aliphatic carbocycles. The van der Waals surface area contributed by atoms with Gasteiger partial charge in [-0.1, -0.05) is 0 Å². The molecule has 1 rings (SSSR count). The largest absolute Gasteiger partial charge is 0.478 e. The first-order valence-electron chi connectivity index (χ1n) is 3.91. The van der Waals surface area contributed by atoms with Crippen molar-refractivity contribution in [2.75, 3.05) is 5.32 Å². The molecule has 0 fully saturated rings. The second-order valence-corrected chi connectivity index (χ2v) is 2.80. The van der Waals surface area contributed by atoms with E-state index in [1.807, 2.05) is 5.32 Å². The number of nitrogens with one attached hydrogen (secondary N) is 1. The molecule has 80 valence electrons. The van der Waals surface area contributed by atoms with Crippen LogP contribution in [0.25, 0.3) is 0 Å². The van der Waals surface area contributed by atoms with Gasteiger partial charge in [-0.05, 0) is 6.07 Å². The third kappa shape index (κ3) is 2.49. The van der Waals surface area contributed by atoms with Crippen molar-refractivity contribution in [1.82, 2.24) is 0 Å². The van der Waals surface area contributed by atoms with Crippen LogP contribution in [-0.4, -0.2) is 17.0 Å². The maximum Gasteiger partial charge on any atom is 0.338 e. The van der Waals surface area contributed by atoms with Gasteiger partial charge in [-0.25, -0.2) is 13.6 Å². The molecule has 0 unspecified atom stereocenters. The third-order valence-electron chi connectivity index (χ3n) is 1.59. The number of anilines is 1. The standard InChI is InChI=1S/C9H7F2NO3/c1-4(13)12-8-6(9(14)15)2-5(10)3-7(8)11/h2-3H,1H3,(H,12,13)(H,14,15). The Morgan fingerprint density at radius 1 is 1.33 bits per heavy atom. The number of halogens is 2. The normalized spacial score (nSPS) is 9.80. The molecule has 0 aliphatic rings. The van der Waals surface area contributed by atoms with Crippen LogP contribution in [0.3, 0.4) is 0 Å². The number of rotatable bonds is 2. The number of hydrogen-bond acceptors (Lipinski definition) is 2. The van der Waals surface area contributed by atoms with Crippen LogP contribution in [0.1, 0.15) is 17.3 Å². The van der Waals surface area contributed by atoms with Gasteiger partial charge in [0.15, 0.2) is 5.82 Å². The van der Waals surface area contributed by atoms with Crippen molar-refractivity contribution in [2.24, 2.45) is 0 Å². The highest BCUT2D eigenvalue weighted by Crippen LogP contribution is 2.21. The number of hydrogen-bond donors (Lipinski definition) is 2. The highest BCUT2D eigenvalue weighted by molar-refractivity contribution is 6.00. The molecule has 4 nitrogen and oxygen atoms in total. The highest BCUT2D eigenvalue weighted by atomic mass is 19.1. The minimum absolute atomic E-state index is 0.498. The molecule has 1 aromatic rings. The smallest absolute Gasteiger partial charge is 0.338 e. The summed E-state index contributed by atoms with van der Waals surface area (Å²) in [6, 6.07) is 1.13. The Morgan fingerprint density at radius 3 is 2.40 bits per heavy atom. The first-order valence-corrected chi connectivity index (χ1v) is 3.91. The predicted molar refractivity (Wildman–Crippen MR) is 47.6 cm³/mol. The molecule has 0 spiro atoms. The van der Waals surface area contributed by atoms with Gasteiger partial charge in [0.2, 0.25) is 5.91 Å². The number of carboxylic acid groups (broad SMARTS) is 1. The van der Waals surface area contributed by atoms with Crippen molar-refractivity contribution >= 4 is 17.6 Å². The van der Waals surface area contributed by atoms with E-state index in [4.69, 9.17) is 5.11 Å². The lowest BCUT2D eigenvalue weighted by Crippen LogP contribution is -2.13. The Bertz CT molecular complexity index is 432. The molecule has 0 heterocycles. The average Bonchev–Trinajstić information content (AvgIpc) is 2.08. The van der Waals surface area contributed by atoms with Gasteiger partial charge in [0.1, 0.15) is 5.82 Å². The molecular weight excluding hydrogens is 208 g/mol. The van der Waals surface area contributed by atoms with Gasteiger partial charge in [0.25, 0.3) is 0 Å². The summed E-state index contributed by atoms with van der Waals surface area (Å²) in [7, 11) is 0. The molecule has 0 radical (unpaired) electrons. The van der Waals surface area contributed by atoms with Crippen LogP contribution < -0.4 is 5.32 Å². The van der Waals surface area contributed by atoms with Crippen molar-refractivity contribution in [1.29, 1.82) is 0 Å². The molecule has 0 atom stereocenters. The molecule has 0 aromatic heterocycles. The predicted octanol–water partition coefficient (Wildman–Crippen LogP) is 1.62. The number of aromatic carboxylic acids is 1. The molecule has 0 aliphatic heterocycles. The van der Waals surface area contributed by atoms with Crippen molar-refractivity contribution in [3.63, 3.8) is 0 Å². The second-order valence-electron chi connectivity index (χ2n) is 2.80. The van der Waals surface area contributed by atoms with Gasteiger partial charge >= 0.3 is 5.97 Å². The van der Waals surface area contributed by atoms with E-state index >= 15 is 0 Å². The zero-order valence-electron chi connectivity index (χ0n) is 7.67. The lowest BCUT2D eigenvalue weighted by atomic mass is 10.1. The topological polar surface area (TPSA) is 66.4 Å². The highest BCUT2D eigenvalue weighted by Gasteiger charge is 2.17. The Balaban J connectivity index is 3.33. The number of amides is 1. The molecule has 0 saturated heterocycles. The molecule has 15 heavy (non-hydrogen) atoms. The van der Waals surface area contributed by atoms with Gasteiger partial charge in [0, 0.05) is 13.0 Å². The Morgan fingerprint density at radius 2 is 1.93 bits per heavy atom. The zero-order valence-corrected chi connectivity index (χ0v) is 7.67. The summed E-state index contributed by atoms with van der Waals surface area (Å²) >= 11 is 0. The van der Waals surface area contributed by atoms with Gasteiger partial charge in [-0.3, -0.25) is 4.79 Å². The SMILES string of the molecule is CC(=O)Nc1c(F)cc(F)cc1C(=O)O. The average molecular weight is 215 g/mol. The second kappa shape index (κ2) is 4.04. The Hall–Kier alpha value is -1.98. The van der Waals surface area contributed by atoms with Crippen LogP contribution in [0.5, 0.6) is 0 Å². The fraction of sp³-hybridized carbons (Fsp3) is 0.111. The molecule has 0 bridgehead atoms. The first kappa shape index (κ1) is 11.1. The van der Waals surface area contributed by atoms with Crippen LogP contribution in [0.2, 0.25) is 0 Å². The van der Waals surface area contributed by atoms with Crippen LogP contribution in [-0.2, 0) is 4.79 Å². The lowest BCUT2D eigenvalue weighted by Gasteiger charge is -2.07. The molecule has 1 aromatic carbocycles. The molecule has 1 amide bonds. The summed E-state index contributed by atoms with van der Waals surface area (Å²) in [6.07, 6.45) is 0. The van der Waals surface area contributed by atoms with Crippen LogP contribution >= 0.6 is 0 Å². The maximum absolute atomic E-state index is 13.1. The lowest BCUT2D eigenvalue weighted by molar-refractivity contribution is -0.114. The van der Waals surface area contributed by atoms with E-state index in [9.17, 15) is 18.4 Å². The number of carbonyl (C=O) groups is 2. The van der Waals surface area contributed by atoms with Gasteiger partial charge in [-0.2, -0.15) is 0 Å². The summed E-state index contributed by atoms with van der Waals surface area (Å²) in [5, 5.41) is 10.6. The number of benzene rings is 1. The molecule has 2 N–H and O–H groups in total. The minimum Gasteiger partial charge on any atom is -0.478 e. The summed E-state index contributed by atoms with van der Waals surface area (Å²) in [5.41, 5.74) is -1.15. The summed E-state index contributed by atoms with van der Waals surface area (Å²) < 4.78 is 25.8. The van der Waals surface area contributed by atoms with E-state index in [0.29, 0.717) is 12.1 Å². The van der Waals surface area contributed by atoms with E-state index < -0.39 is 34.8 Å². The third-order valence-corrected chi connectivity index (χ3v) is 1.59. The van der Waals surface area contributed by atoms with Crippen LogP contribution in [0.4, 0.5) is 14.5 Å². The number of carboxylic acids is 1. The van der Waals surface area contributed by atoms with E-state index in [1.54, 1.807) is 0 Å². The maximum atomic E-state index is 13.1. The van der Waals surface area contributed by atoms with Crippen LogP contribution in [0.15, 0.2) is 12.1 Å². The fourth-order valence-corrected chi connectivity index (χ4v) is 1.05. The van der Waals surface area contributed by atoms with Gasteiger partial charge < -0.3 is 10.4 Å². The Kier molecular flexibility index (Phi) is 2.99. The van der Waals surface area contributed by atoms with E-state index in [-0.39, 0.29) is 0 Å². The zero-order chi connectivity index (χ0) is 11.6. The molecular formula is C9H7F2NO3. The van der Waals surface area contributed by atoms with E-state index in [2.05, 4.69) is 0 Å². The molecule has 6 heteroatoms. The van der Waals surface area contributed by atoms with Gasteiger partial charge in [-0.15, -0.1) is 0 Å². The van der Waals surface area contributed by atoms with E-state index in [1.165, 1.54) is 0 Å². The summed E-state index contributed by atoms with van der Waals surface area (Å²) in [6.45, 7) is 1.09. The quantitative estimate of drug-likeness (QED) is 0.787. The summed E-state index contributed by atoms with van der Waals surface area (Å²) in [5.74, 6) is -4.29. The monoisotopic (exact) mass is 215 g/mol. The van der Waals surface area contributed by atoms with Crippen LogP contribution in [0, 0.1) is 11.6 Å². The summed E-state index contributed by atoms with van der Waals surface area (Å²) in [4.78, 5) is 21.3. The van der Waals surface area contributed by atoms with E-state index in [0.717, 1.165) is 6.92 Å². The Labute approximate surface area is 83.5 Å². The van der Waals surface area contributed by atoms with Gasteiger partial charge in [0.05, 0.1) is 11.3 Å². The van der Waals surface area contributed by atoms with Crippen molar-refractivity contribution in [3.05, 3.63) is 29.3 Å². The van der Waals surface area contributed by atoms with Crippen molar-refractivity contribution in [3.8, 4) is 0 Å². The fourth-order valence-electron chi connectivity index (χ4n) is 1.05. The van der Waals surface area contributed by atoms with Crippen molar-refractivity contribution in [2.45, 2.75) is 6.92 Å². The first-order chi connectivity index (χ1) is 6.91. The minimum atomic E-state index is -1.52. The molecule has 0 saturated carbocycles. The van der Waals surface area contributed by atoms with Crippen molar-refractivity contribution < 1.29 is 23.5 Å². The number of carbonyl (C=O) groups excluding carboxylic acids is 1.